The molecule has 5 nitrogen and oxygen atoms in total. The molecule has 0 aliphatic carbocycles. The molecule has 24 heavy (non-hydrogen) atoms. The number of nitrogens with one attached hydrogen (secondary N) is 2. The second kappa shape index (κ2) is 8.85. The fourth-order valence-electron chi connectivity index (χ4n) is 3.01. The van der Waals surface area contributed by atoms with Gasteiger partial charge in [0.1, 0.15) is 0 Å². The molecule has 1 amide bonds. The highest BCUT2D eigenvalue weighted by molar-refractivity contribution is 5.93. The van der Waals surface area contributed by atoms with Gasteiger partial charge < -0.3 is 10.2 Å². The molecule has 0 saturated carbocycles. The molecule has 3 rings (SSSR count). The van der Waals surface area contributed by atoms with Gasteiger partial charge in [0.15, 0.2) is 5.69 Å². The first-order valence-corrected chi connectivity index (χ1v) is 8.32. The Labute approximate surface area is 149 Å². The summed E-state index contributed by atoms with van der Waals surface area (Å²) in [5.74, 6) is 0.0194. The molecular formula is C18H25ClN4O. The Bertz CT molecular complexity index is 656. The first-order valence-electron chi connectivity index (χ1n) is 8.32. The summed E-state index contributed by atoms with van der Waals surface area (Å²) in [5.41, 5.74) is 4.08. The van der Waals surface area contributed by atoms with Gasteiger partial charge in [0, 0.05) is 44.4 Å². The van der Waals surface area contributed by atoms with Crippen LogP contribution in [0.3, 0.4) is 0 Å². The normalized spacial score (nSPS) is 13.0. The van der Waals surface area contributed by atoms with Crippen LogP contribution < -0.4 is 5.32 Å². The molecule has 2 N–H and O–H groups in total. The standard InChI is InChI=1S/C18H24N4O.ClH/c1-22(12-6-5-9-14-7-3-2-4-8-14)18(23)17-15-13-19-11-10-16(15)20-21-17;/h2-4,7-8,19H,5-6,9-13H2,1H3,(H,20,21);1H. The Morgan fingerprint density at radius 3 is 2.83 bits per heavy atom. The van der Waals surface area contributed by atoms with Crippen LogP contribution >= 0.6 is 12.4 Å². The van der Waals surface area contributed by atoms with Gasteiger partial charge in [0.2, 0.25) is 0 Å². The molecule has 0 radical (unpaired) electrons. The van der Waals surface area contributed by atoms with Crippen LogP contribution in [0.4, 0.5) is 0 Å². The number of aromatic amines is 1. The van der Waals surface area contributed by atoms with Crippen LogP contribution in [0.15, 0.2) is 30.3 Å². The van der Waals surface area contributed by atoms with Gasteiger partial charge >= 0.3 is 0 Å². The number of halogens is 1. The SMILES string of the molecule is CN(CCCCc1ccccc1)C(=O)c1n[nH]c2c1CNCC2.Cl. The molecule has 0 bridgehead atoms. The monoisotopic (exact) mass is 348 g/mol. The highest BCUT2D eigenvalue weighted by atomic mass is 35.5. The number of rotatable bonds is 6. The van der Waals surface area contributed by atoms with E-state index in [2.05, 4.69) is 39.8 Å². The van der Waals surface area contributed by atoms with E-state index in [1.807, 2.05) is 13.1 Å². The van der Waals surface area contributed by atoms with Gasteiger partial charge in [-0.3, -0.25) is 9.89 Å². The van der Waals surface area contributed by atoms with Gasteiger partial charge in [0.05, 0.1) is 0 Å². The van der Waals surface area contributed by atoms with Crippen LogP contribution in [-0.4, -0.2) is 41.1 Å². The lowest BCUT2D eigenvalue weighted by Crippen LogP contribution is -2.31. The molecule has 2 heterocycles. The third kappa shape index (κ3) is 4.36. The summed E-state index contributed by atoms with van der Waals surface area (Å²) >= 11 is 0. The zero-order valence-electron chi connectivity index (χ0n) is 14.0. The summed E-state index contributed by atoms with van der Waals surface area (Å²) < 4.78 is 0. The topological polar surface area (TPSA) is 61.0 Å². The smallest absolute Gasteiger partial charge is 0.274 e. The third-order valence-electron chi connectivity index (χ3n) is 4.41. The molecule has 0 unspecified atom stereocenters. The minimum Gasteiger partial charge on any atom is -0.340 e. The summed E-state index contributed by atoms with van der Waals surface area (Å²) in [5, 5.41) is 10.6. The third-order valence-corrected chi connectivity index (χ3v) is 4.41. The van der Waals surface area contributed by atoms with E-state index < -0.39 is 0 Å². The number of nitrogens with zero attached hydrogens (tertiary/aromatic N) is 2. The molecule has 130 valence electrons. The quantitative estimate of drug-likeness (QED) is 0.789. The molecular weight excluding hydrogens is 324 g/mol. The number of hydrogen-bond acceptors (Lipinski definition) is 3. The summed E-state index contributed by atoms with van der Waals surface area (Å²) in [7, 11) is 1.86. The zero-order valence-corrected chi connectivity index (χ0v) is 14.9. The van der Waals surface area contributed by atoms with E-state index in [4.69, 9.17) is 0 Å². The summed E-state index contributed by atoms with van der Waals surface area (Å²) in [6.45, 7) is 2.44. The van der Waals surface area contributed by atoms with Gasteiger partial charge in [-0.05, 0) is 24.8 Å². The largest absolute Gasteiger partial charge is 0.340 e. The van der Waals surface area contributed by atoms with Gasteiger partial charge in [-0.1, -0.05) is 30.3 Å². The van der Waals surface area contributed by atoms with Crippen LogP contribution in [0.2, 0.25) is 0 Å². The molecule has 0 saturated heterocycles. The first kappa shape index (κ1) is 18.5. The Balaban J connectivity index is 0.00000208. The molecule has 1 aliphatic rings. The maximum Gasteiger partial charge on any atom is 0.274 e. The average molecular weight is 349 g/mol. The number of fused-ring (bicyclic) bond motifs is 1. The van der Waals surface area contributed by atoms with E-state index in [0.717, 1.165) is 56.6 Å². The van der Waals surface area contributed by atoms with E-state index in [1.54, 1.807) is 4.90 Å². The summed E-state index contributed by atoms with van der Waals surface area (Å²) in [4.78, 5) is 14.3. The predicted molar refractivity (Wildman–Crippen MR) is 97.6 cm³/mol. The molecule has 2 aromatic rings. The van der Waals surface area contributed by atoms with E-state index in [9.17, 15) is 4.79 Å². The lowest BCUT2D eigenvalue weighted by molar-refractivity contribution is 0.0785. The highest BCUT2D eigenvalue weighted by Crippen LogP contribution is 2.17. The molecule has 6 heteroatoms. The number of benzene rings is 1. The van der Waals surface area contributed by atoms with Crippen LogP contribution in [0, 0.1) is 0 Å². The molecule has 1 aromatic carbocycles. The van der Waals surface area contributed by atoms with Gasteiger partial charge in [0.25, 0.3) is 5.91 Å². The van der Waals surface area contributed by atoms with Gasteiger partial charge in [-0.2, -0.15) is 5.10 Å². The number of aryl methyl sites for hydroxylation is 1. The number of H-pyrrole nitrogens is 1. The van der Waals surface area contributed by atoms with Crippen LogP contribution in [0.5, 0.6) is 0 Å². The van der Waals surface area contributed by atoms with Crippen molar-refractivity contribution in [2.24, 2.45) is 0 Å². The molecule has 0 atom stereocenters. The molecule has 0 spiro atoms. The number of hydrogen-bond donors (Lipinski definition) is 2. The van der Waals surface area contributed by atoms with Crippen molar-refractivity contribution in [2.45, 2.75) is 32.2 Å². The maximum atomic E-state index is 12.6. The minimum atomic E-state index is 0. The summed E-state index contributed by atoms with van der Waals surface area (Å²) in [6.07, 6.45) is 4.06. The minimum absolute atomic E-state index is 0. The van der Waals surface area contributed by atoms with Gasteiger partial charge in [-0.25, -0.2) is 0 Å². The molecule has 0 fully saturated rings. The average Bonchev–Trinajstić information content (AvgIpc) is 3.03. The van der Waals surface area contributed by atoms with E-state index in [1.165, 1.54) is 5.56 Å². The van der Waals surface area contributed by atoms with Crippen molar-refractivity contribution in [3.8, 4) is 0 Å². The van der Waals surface area contributed by atoms with Crippen molar-refractivity contribution in [2.75, 3.05) is 20.1 Å². The maximum absolute atomic E-state index is 12.6. The van der Waals surface area contributed by atoms with Crippen molar-refractivity contribution in [3.05, 3.63) is 52.8 Å². The number of unbranched alkanes of at least 4 members (excludes halogenated alkanes) is 1. The van der Waals surface area contributed by atoms with Crippen molar-refractivity contribution >= 4 is 18.3 Å². The summed E-state index contributed by atoms with van der Waals surface area (Å²) in [6, 6.07) is 10.5. The Kier molecular flexibility index (Phi) is 6.82. The Morgan fingerprint density at radius 2 is 2.04 bits per heavy atom. The van der Waals surface area contributed by atoms with Crippen molar-refractivity contribution in [1.82, 2.24) is 20.4 Å². The highest BCUT2D eigenvalue weighted by Gasteiger charge is 2.23. The van der Waals surface area contributed by atoms with Crippen molar-refractivity contribution in [1.29, 1.82) is 0 Å². The van der Waals surface area contributed by atoms with Crippen LogP contribution in [0.1, 0.15) is 40.2 Å². The fraction of sp³-hybridized carbons (Fsp3) is 0.444. The Hall–Kier alpha value is -1.85. The second-order valence-electron chi connectivity index (χ2n) is 6.13. The number of carbonyl (C=O) groups excluding carboxylic acids is 1. The fourth-order valence-corrected chi connectivity index (χ4v) is 3.01. The van der Waals surface area contributed by atoms with Crippen LogP contribution in [0.25, 0.3) is 0 Å². The zero-order chi connectivity index (χ0) is 16.1. The lowest BCUT2D eigenvalue weighted by atomic mass is 10.1. The number of carbonyl (C=O) groups is 1. The second-order valence-corrected chi connectivity index (χ2v) is 6.13. The van der Waals surface area contributed by atoms with E-state index in [0.29, 0.717) is 5.69 Å². The number of amides is 1. The molecule has 1 aliphatic heterocycles. The molecule has 1 aromatic heterocycles. The van der Waals surface area contributed by atoms with Crippen LogP contribution in [-0.2, 0) is 19.4 Å². The number of aromatic nitrogens is 2. The first-order chi connectivity index (χ1) is 11.3. The van der Waals surface area contributed by atoms with E-state index in [-0.39, 0.29) is 18.3 Å². The van der Waals surface area contributed by atoms with Crippen molar-refractivity contribution in [3.63, 3.8) is 0 Å². The Morgan fingerprint density at radius 1 is 1.25 bits per heavy atom. The van der Waals surface area contributed by atoms with Crippen molar-refractivity contribution < 1.29 is 4.79 Å². The van der Waals surface area contributed by atoms with E-state index >= 15 is 0 Å². The lowest BCUT2D eigenvalue weighted by Gasteiger charge is -2.18. The van der Waals surface area contributed by atoms with Gasteiger partial charge in [-0.15, -0.1) is 12.4 Å². The predicted octanol–water partition coefficient (Wildman–Crippen LogP) is 2.57.